The molecule has 1 saturated carbocycles. The van der Waals surface area contributed by atoms with E-state index in [0.717, 1.165) is 56.9 Å². The third-order valence-electron chi connectivity index (χ3n) is 6.57. The van der Waals surface area contributed by atoms with Gasteiger partial charge in [-0.05, 0) is 48.4 Å². The number of nitrogens with one attached hydrogen (secondary N) is 1. The Morgan fingerprint density at radius 2 is 1.97 bits per heavy atom. The number of ether oxygens (including phenoxy) is 1. The molecule has 2 amide bonds. The van der Waals surface area contributed by atoms with Gasteiger partial charge in [0.2, 0.25) is 5.91 Å². The topological polar surface area (TPSA) is 87.9 Å². The zero-order valence-electron chi connectivity index (χ0n) is 17.4. The van der Waals surface area contributed by atoms with Crippen molar-refractivity contribution < 1.29 is 14.3 Å². The molecule has 4 rings (SSSR count). The molecule has 2 heterocycles. The van der Waals surface area contributed by atoms with Gasteiger partial charge in [-0.15, -0.1) is 0 Å². The van der Waals surface area contributed by atoms with Crippen molar-refractivity contribution >= 4 is 17.5 Å². The lowest BCUT2D eigenvalue weighted by atomic mass is 9.80. The molecule has 7 nitrogen and oxygen atoms in total. The molecule has 29 heavy (non-hydrogen) atoms. The summed E-state index contributed by atoms with van der Waals surface area (Å²) in [6, 6.07) is 5.57. The van der Waals surface area contributed by atoms with Crippen LogP contribution in [0.15, 0.2) is 18.2 Å². The highest BCUT2D eigenvalue weighted by atomic mass is 16.5. The van der Waals surface area contributed by atoms with Gasteiger partial charge in [-0.3, -0.25) is 14.5 Å². The van der Waals surface area contributed by atoms with Crippen LogP contribution in [0.3, 0.4) is 0 Å². The van der Waals surface area contributed by atoms with Crippen LogP contribution in [0.2, 0.25) is 0 Å². The number of nitrogens with zero attached hydrogens (tertiary/aromatic N) is 2. The van der Waals surface area contributed by atoms with Crippen molar-refractivity contribution in [1.29, 1.82) is 0 Å². The number of amides is 2. The smallest absolute Gasteiger partial charge is 0.251 e. The third-order valence-corrected chi connectivity index (χ3v) is 6.57. The van der Waals surface area contributed by atoms with Gasteiger partial charge >= 0.3 is 0 Å². The predicted octanol–water partition coefficient (Wildman–Crippen LogP) is 1.53. The minimum atomic E-state index is -0.174. The van der Waals surface area contributed by atoms with Gasteiger partial charge in [-0.25, -0.2) is 0 Å². The third kappa shape index (κ3) is 4.17. The highest BCUT2D eigenvalue weighted by Gasteiger charge is 2.46. The van der Waals surface area contributed by atoms with Crippen molar-refractivity contribution in [3.05, 3.63) is 29.3 Å². The minimum Gasteiger partial charge on any atom is -0.379 e. The molecule has 0 spiro atoms. The zero-order valence-corrected chi connectivity index (χ0v) is 17.4. The SMILES string of the molecule is CC(=O)N1c2ccc(C(=O)NCCN3CCOCC3)cc2C(N)C(C)C1C1CC1. The fourth-order valence-electron chi connectivity index (χ4n) is 4.79. The van der Waals surface area contributed by atoms with E-state index < -0.39 is 0 Å². The van der Waals surface area contributed by atoms with E-state index in [1.165, 1.54) is 0 Å². The van der Waals surface area contributed by atoms with Gasteiger partial charge in [0.25, 0.3) is 5.91 Å². The van der Waals surface area contributed by atoms with Gasteiger partial charge in [0, 0.05) is 56.4 Å². The molecule has 3 aliphatic rings. The number of benzene rings is 1. The van der Waals surface area contributed by atoms with Crippen LogP contribution in [0, 0.1) is 11.8 Å². The first kappa shape index (κ1) is 20.3. The van der Waals surface area contributed by atoms with Gasteiger partial charge in [0.1, 0.15) is 0 Å². The quantitative estimate of drug-likeness (QED) is 0.783. The summed E-state index contributed by atoms with van der Waals surface area (Å²) in [5.74, 6) is 0.652. The van der Waals surface area contributed by atoms with E-state index >= 15 is 0 Å². The summed E-state index contributed by atoms with van der Waals surface area (Å²) in [6.07, 6.45) is 2.31. The molecule has 1 aliphatic carbocycles. The second kappa shape index (κ2) is 8.42. The van der Waals surface area contributed by atoms with E-state index in [-0.39, 0.29) is 29.8 Å². The minimum absolute atomic E-state index is 0.0459. The van der Waals surface area contributed by atoms with Crippen LogP contribution >= 0.6 is 0 Å². The van der Waals surface area contributed by atoms with Crippen LogP contribution in [0.5, 0.6) is 0 Å². The summed E-state index contributed by atoms with van der Waals surface area (Å²) in [5.41, 5.74) is 8.95. The lowest BCUT2D eigenvalue weighted by Gasteiger charge is -2.44. The van der Waals surface area contributed by atoms with Crippen LogP contribution in [0.4, 0.5) is 5.69 Å². The summed E-state index contributed by atoms with van der Waals surface area (Å²) < 4.78 is 5.35. The molecule has 0 radical (unpaired) electrons. The molecule has 1 aromatic rings. The van der Waals surface area contributed by atoms with Gasteiger partial charge < -0.3 is 20.7 Å². The Bertz CT molecular complexity index is 773. The number of fused-ring (bicyclic) bond motifs is 1. The van der Waals surface area contributed by atoms with Crippen LogP contribution in [-0.2, 0) is 9.53 Å². The number of morpholine rings is 1. The Labute approximate surface area is 172 Å². The zero-order chi connectivity index (χ0) is 20.5. The van der Waals surface area contributed by atoms with Gasteiger partial charge in [-0.1, -0.05) is 6.92 Å². The number of carbonyl (C=O) groups excluding carboxylic acids is 2. The number of hydrogen-bond donors (Lipinski definition) is 2. The Kier molecular flexibility index (Phi) is 5.90. The molecule has 7 heteroatoms. The van der Waals surface area contributed by atoms with Crippen LogP contribution in [-0.4, -0.2) is 62.1 Å². The lowest BCUT2D eigenvalue weighted by Crippen LogP contribution is -2.51. The average molecular weight is 401 g/mol. The van der Waals surface area contributed by atoms with Gasteiger partial charge in [-0.2, -0.15) is 0 Å². The van der Waals surface area contributed by atoms with E-state index in [2.05, 4.69) is 17.1 Å². The van der Waals surface area contributed by atoms with Crippen LogP contribution < -0.4 is 16.0 Å². The van der Waals surface area contributed by atoms with E-state index in [1.54, 1.807) is 6.92 Å². The lowest BCUT2D eigenvalue weighted by molar-refractivity contribution is -0.117. The second-order valence-electron chi connectivity index (χ2n) is 8.59. The van der Waals surface area contributed by atoms with Crippen molar-refractivity contribution in [2.45, 2.75) is 38.8 Å². The molecule has 1 aromatic carbocycles. The van der Waals surface area contributed by atoms with Gasteiger partial charge in [0.15, 0.2) is 0 Å². The molecule has 0 aromatic heterocycles. The largest absolute Gasteiger partial charge is 0.379 e. The molecule has 3 atom stereocenters. The number of nitrogens with two attached hydrogens (primary N) is 1. The summed E-state index contributed by atoms with van der Waals surface area (Å²) in [7, 11) is 0. The summed E-state index contributed by atoms with van der Waals surface area (Å²) >= 11 is 0. The molecule has 2 fully saturated rings. The Morgan fingerprint density at radius 1 is 1.24 bits per heavy atom. The first-order valence-electron chi connectivity index (χ1n) is 10.7. The number of rotatable bonds is 5. The normalized spacial score (nSPS) is 27.4. The molecule has 3 N–H and O–H groups in total. The van der Waals surface area contributed by atoms with Crippen molar-refractivity contribution in [3.63, 3.8) is 0 Å². The fraction of sp³-hybridized carbons (Fsp3) is 0.636. The number of anilines is 1. The second-order valence-corrected chi connectivity index (χ2v) is 8.59. The van der Waals surface area contributed by atoms with Gasteiger partial charge in [0.05, 0.1) is 13.2 Å². The summed E-state index contributed by atoms with van der Waals surface area (Å²) in [4.78, 5) is 29.3. The average Bonchev–Trinajstić information content (AvgIpc) is 3.55. The molecular formula is C22H32N4O3. The van der Waals surface area contributed by atoms with E-state index in [9.17, 15) is 9.59 Å². The molecule has 3 unspecified atom stereocenters. The van der Waals surface area contributed by atoms with Crippen molar-refractivity contribution in [2.24, 2.45) is 17.6 Å². The highest BCUT2D eigenvalue weighted by Crippen LogP contribution is 2.48. The van der Waals surface area contributed by atoms with Crippen LogP contribution in [0.1, 0.15) is 48.7 Å². The molecule has 1 saturated heterocycles. The maximum absolute atomic E-state index is 12.7. The summed E-state index contributed by atoms with van der Waals surface area (Å²) in [5, 5.41) is 3.01. The molecule has 158 valence electrons. The predicted molar refractivity (Wildman–Crippen MR) is 112 cm³/mol. The van der Waals surface area contributed by atoms with Crippen molar-refractivity contribution in [2.75, 3.05) is 44.3 Å². The van der Waals surface area contributed by atoms with Crippen molar-refractivity contribution in [1.82, 2.24) is 10.2 Å². The van der Waals surface area contributed by atoms with E-state index in [0.29, 0.717) is 18.0 Å². The Hall–Kier alpha value is -1.96. The first-order chi connectivity index (χ1) is 14.0. The van der Waals surface area contributed by atoms with Crippen molar-refractivity contribution in [3.8, 4) is 0 Å². The maximum Gasteiger partial charge on any atom is 0.251 e. The number of carbonyl (C=O) groups is 2. The Morgan fingerprint density at radius 3 is 2.62 bits per heavy atom. The fourth-order valence-corrected chi connectivity index (χ4v) is 4.79. The van der Waals surface area contributed by atoms with Crippen LogP contribution in [0.25, 0.3) is 0 Å². The monoisotopic (exact) mass is 400 g/mol. The first-order valence-corrected chi connectivity index (χ1v) is 10.7. The standard InChI is InChI=1S/C22H32N4O3/c1-14-20(23)18-13-17(22(28)24-7-8-25-9-11-29-12-10-25)5-6-19(18)26(15(2)27)21(14)16-3-4-16/h5-6,13-14,16,20-21H,3-4,7-12,23H2,1-2H3,(H,24,28). The summed E-state index contributed by atoms with van der Waals surface area (Å²) in [6.45, 7) is 8.48. The molecule has 0 bridgehead atoms. The van der Waals surface area contributed by atoms with E-state index in [1.807, 2.05) is 23.1 Å². The molecular weight excluding hydrogens is 368 g/mol. The highest BCUT2D eigenvalue weighted by molar-refractivity contribution is 5.97. The number of hydrogen-bond acceptors (Lipinski definition) is 5. The van der Waals surface area contributed by atoms with E-state index in [4.69, 9.17) is 10.5 Å². The Balaban J connectivity index is 1.48. The maximum atomic E-state index is 12.7. The molecule has 2 aliphatic heterocycles.